The zero-order chi connectivity index (χ0) is 60.1. The normalized spacial score (nSPS) is 17.1. The molecule has 2 aliphatic heterocycles. The average Bonchev–Trinajstić information content (AvgIpc) is 4.05. The molecule has 2 bridgehead atoms. The van der Waals surface area contributed by atoms with Crippen LogP contribution in [0, 0.1) is 34.3 Å². The van der Waals surface area contributed by atoms with E-state index < -0.39 is 115 Å². The summed E-state index contributed by atoms with van der Waals surface area (Å²) in [5.41, 5.74) is -4.63. The summed E-state index contributed by atoms with van der Waals surface area (Å²) in [6.45, 7) is -2.22. The van der Waals surface area contributed by atoms with E-state index in [0.717, 1.165) is 32.3 Å². The summed E-state index contributed by atoms with van der Waals surface area (Å²) in [5, 5.41) is 30.9. The largest absolute Gasteiger partial charge is 0.465 e. The van der Waals surface area contributed by atoms with Gasteiger partial charge >= 0.3 is 37.1 Å². The molecular formula is C52H59F10N11O8. The standard InChI is InChI=1S/C52H59F10N11O8/c1-49(2,51(57,58)59)41(67-47(79)81-7)43(75)65-38(18-29-11-8-28(9-12-29)10-13-30-14-17-40(63-21-30)70-24-33-15-16-34(25-70)73(33)48(80)69(5)6)39(74)27-71(68-44(76)42(66-46(77)78)50(3,4)52(60,61)62)26-35-36(53)19-31(20-37(35)54)32-22-64-72(23-32)45(55)56/h8-9,11-12,14,17,19-23,33-34,38-39,41-42,45,66,74H,15-16,18,24-27H2,1-7H3,(H,65,75)(H,67,79)(H,68,76)(H,77,78). The number of carboxylic acid groups (broad SMARTS) is 1. The fraction of sp³-hybridized carbons (Fsp3) is 0.481. The number of aromatic nitrogens is 3. The summed E-state index contributed by atoms with van der Waals surface area (Å²) >= 11 is 0. The van der Waals surface area contributed by atoms with E-state index in [1.165, 1.54) is 29.6 Å². The zero-order valence-electron chi connectivity index (χ0n) is 44.6. The van der Waals surface area contributed by atoms with E-state index in [0.29, 0.717) is 74.9 Å². The minimum absolute atomic E-state index is 0.0319. The van der Waals surface area contributed by atoms with Gasteiger partial charge in [-0.15, -0.1) is 0 Å². The number of hydrogen-bond donors (Lipinski definition) is 6. The molecular weight excluding hydrogens is 1100 g/mol. The molecule has 0 radical (unpaired) electrons. The minimum atomic E-state index is -5.29. The molecule has 19 nitrogen and oxygen atoms in total. The first-order valence-electron chi connectivity index (χ1n) is 24.9. The van der Waals surface area contributed by atoms with Crippen molar-refractivity contribution in [1.82, 2.24) is 50.9 Å². The third kappa shape index (κ3) is 14.7. The van der Waals surface area contributed by atoms with Crippen LogP contribution in [0.4, 0.5) is 64.1 Å². The number of benzene rings is 2. The number of aliphatic hydroxyl groups is 1. The van der Waals surface area contributed by atoms with E-state index in [2.05, 4.69) is 36.9 Å². The zero-order valence-corrected chi connectivity index (χ0v) is 44.6. The molecule has 2 aromatic carbocycles. The van der Waals surface area contributed by atoms with Crippen LogP contribution in [0.1, 0.15) is 69.3 Å². The Morgan fingerprint density at radius 3 is 1.84 bits per heavy atom. The molecule has 2 aliphatic rings. The number of alkyl carbamates (subject to hydrolysis) is 1. The number of hydrazine groups is 1. The van der Waals surface area contributed by atoms with Gasteiger partial charge in [-0.05, 0) is 94.5 Å². The number of hydrogen-bond acceptors (Lipinski definition) is 11. The lowest BCUT2D eigenvalue weighted by Gasteiger charge is -2.42. The molecule has 2 saturated heterocycles. The summed E-state index contributed by atoms with van der Waals surface area (Å²) in [7, 11) is 4.22. The van der Waals surface area contributed by atoms with Crippen LogP contribution >= 0.6 is 0 Å². The second-order valence-corrected chi connectivity index (χ2v) is 20.8. The van der Waals surface area contributed by atoms with Gasteiger partial charge in [0.1, 0.15) is 29.5 Å². The van der Waals surface area contributed by atoms with Gasteiger partial charge < -0.3 is 45.6 Å². The van der Waals surface area contributed by atoms with E-state index in [4.69, 9.17) is 0 Å². The number of carbonyl (C=O) groups is 5. The molecule has 2 fully saturated rings. The van der Waals surface area contributed by atoms with Gasteiger partial charge in [0.15, 0.2) is 0 Å². The minimum Gasteiger partial charge on any atom is -0.465 e. The summed E-state index contributed by atoms with van der Waals surface area (Å²) in [6.07, 6.45) is -11.9. The highest BCUT2D eigenvalue weighted by Crippen LogP contribution is 2.42. The number of alkyl halides is 8. The number of nitrogens with one attached hydrogen (secondary N) is 4. The first-order chi connectivity index (χ1) is 37.7. The number of methoxy groups -OCH3 is 1. The number of amides is 6. The maximum absolute atomic E-state index is 16.0. The number of nitrogens with zero attached hydrogens (tertiary/aromatic N) is 7. The molecule has 0 saturated carbocycles. The topological polar surface area (TPSA) is 227 Å². The van der Waals surface area contributed by atoms with E-state index in [1.54, 1.807) is 37.3 Å². The van der Waals surface area contributed by atoms with Crippen molar-refractivity contribution in [2.75, 3.05) is 45.7 Å². The second-order valence-electron chi connectivity index (χ2n) is 20.8. The predicted molar refractivity (Wildman–Crippen MR) is 270 cm³/mol. The van der Waals surface area contributed by atoms with E-state index in [-0.39, 0.29) is 39.5 Å². The summed E-state index contributed by atoms with van der Waals surface area (Å²) in [5.74, 6) is 0.409. The SMILES string of the molecule is COC(=O)NC(C(=O)NC(Cc1ccc(C#Cc2ccc(N3CC4CCC(C3)N4C(=O)N(C)C)nc2)cc1)C(O)CN(Cc1c(F)cc(-c2cnn(C(F)F)c2)cc1F)NC(=O)C(NC(=O)O)C(C)(C)C(F)(F)F)C(C)(C)C(F)(F)F. The van der Waals surface area contributed by atoms with Crippen molar-refractivity contribution in [2.24, 2.45) is 10.8 Å². The fourth-order valence-electron chi connectivity index (χ4n) is 9.16. The Kier molecular flexibility index (Phi) is 19.1. The number of piperazine rings is 1. The smallest absolute Gasteiger partial charge is 0.407 e. The molecule has 0 aliphatic carbocycles. The summed E-state index contributed by atoms with van der Waals surface area (Å²) < 4.78 is 150. The lowest BCUT2D eigenvalue weighted by atomic mass is 9.82. The molecule has 6 atom stereocenters. The van der Waals surface area contributed by atoms with Crippen LogP contribution in [-0.4, -0.2) is 159 Å². The van der Waals surface area contributed by atoms with Gasteiger partial charge in [0.25, 0.3) is 5.91 Å². The quantitative estimate of drug-likeness (QED) is 0.0343. The fourth-order valence-corrected chi connectivity index (χ4v) is 9.16. The van der Waals surface area contributed by atoms with Crippen molar-refractivity contribution in [3.8, 4) is 23.0 Å². The molecule has 440 valence electrons. The molecule has 6 rings (SSSR count). The van der Waals surface area contributed by atoms with Crippen molar-refractivity contribution in [3.05, 3.63) is 101 Å². The van der Waals surface area contributed by atoms with Gasteiger partial charge in [-0.1, -0.05) is 24.0 Å². The maximum Gasteiger partial charge on any atom is 0.407 e. The Hall–Kier alpha value is -7.87. The number of carbonyl (C=O) groups excluding carboxylic acids is 4. The molecule has 4 heterocycles. The molecule has 2 aromatic heterocycles. The Bertz CT molecular complexity index is 2950. The third-order valence-electron chi connectivity index (χ3n) is 14.2. The number of fused-ring (bicyclic) bond motifs is 2. The van der Waals surface area contributed by atoms with Gasteiger partial charge in [-0.2, -0.15) is 40.2 Å². The Morgan fingerprint density at radius 2 is 1.35 bits per heavy atom. The Labute approximate surface area is 457 Å². The van der Waals surface area contributed by atoms with Gasteiger partial charge in [0.2, 0.25) is 5.91 Å². The van der Waals surface area contributed by atoms with Crippen molar-refractivity contribution in [2.45, 2.75) is 109 Å². The highest BCUT2D eigenvalue weighted by molar-refractivity contribution is 5.87. The lowest BCUT2D eigenvalue weighted by molar-refractivity contribution is -0.221. The number of anilines is 1. The molecule has 6 amide bonds. The van der Waals surface area contributed by atoms with Crippen LogP contribution < -0.4 is 26.3 Å². The number of pyridine rings is 1. The summed E-state index contributed by atoms with van der Waals surface area (Å²) in [4.78, 5) is 75.0. The van der Waals surface area contributed by atoms with E-state index in [1.807, 2.05) is 15.6 Å². The number of ether oxygens (including phenoxy) is 1. The van der Waals surface area contributed by atoms with Crippen molar-refractivity contribution in [3.63, 3.8) is 0 Å². The first kappa shape index (κ1) is 62.3. The number of halogens is 10. The van der Waals surface area contributed by atoms with Gasteiger partial charge in [-0.25, -0.2) is 37.8 Å². The van der Waals surface area contributed by atoms with Gasteiger partial charge in [0, 0.05) is 74.9 Å². The van der Waals surface area contributed by atoms with Crippen molar-refractivity contribution < 1.29 is 82.8 Å². The number of rotatable bonds is 18. The molecule has 0 spiro atoms. The van der Waals surface area contributed by atoms with Crippen LogP contribution in [0.15, 0.2) is 67.1 Å². The highest BCUT2D eigenvalue weighted by Gasteiger charge is 2.57. The van der Waals surface area contributed by atoms with Gasteiger partial charge in [0.05, 0.1) is 48.4 Å². The lowest BCUT2D eigenvalue weighted by Crippen LogP contribution is -2.63. The maximum atomic E-state index is 16.0. The van der Waals surface area contributed by atoms with Crippen molar-refractivity contribution >= 4 is 35.8 Å². The van der Waals surface area contributed by atoms with Crippen LogP contribution in [0.5, 0.6) is 0 Å². The molecule has 6 unspecified atom stereocenters. The number of aliphatic hydroxyl groups excluding tert-OH is 1. The molecule has 81 heavy (non-hydrogen) atoms. The van der Waals surface area contributed by atoms with Crippen LogP contribution in [0.25, 0.3) is 11.1 Å². The number of urea groups is 1. The third-order valence-corrected chi connectivity index (χ3v) is 14.2. The molecule has 4 aromatic rings. The van der Waals surface area contributed by atoms with E-state index >= 15 is 8.78 Å². The second kappa shape index (κ2) is 24.9. The van der Waals surface area contributed by atoms with Crippen LogP contribution in [0.3, 0.4) is 0 Å². The highest BCUT2D eigenvalue weighted by atomic mass is 19.4. The predicted octanol–water partition coefficient (Wildman–Crippen LogP) is 6.81. The Balaban J connectivity index is 1.32. The molecule has 6 N–H and O–H groups in total. The average molecular weight is 1160 g/mol. The van der Waals surface area contributed by atoms with E-state index in [9.17, 15) is 69.3 Å². The van der Waals surface area contributed by atoms with Crippen LogP contribution in [-0.2, 0) is 27.3 Å². The first-order valence-corrected chi connectivity index (χ1v) is 24.9. The molecule has 29 heteroatoms. The Morgan fingerprint density at radius 1 is 0.790 bits per heavy atom. The summed E-state index contributed by atoms with van der Waals surface area (Å²) in [6, 6.07) is 3.83. The van der Waals surface area contributed by atoms with Crippen LogP contribution in [0.2, 0.25) is 0 Å². The van der Waals surface area contributed by atoms with Gasteiger partial charge in [-0.3, -0.25) is 15.0 Å². The monoisotopic (exact) mass is 1160 g/mol. The van der Waals surface area contributed by atoms with Crippen molar-refractivity contribution in [1.29, 1.82) is 0 Å².